The van der Waals surface area contributed by atoms with Gasteiger partial charge in [-0.2, -0.15) is 0 Å². The maximum Gasteiger partial charge on any atom is 0.164 e. The molecule has 0 atom stereocenters. The molecule has 1 fully saturated rings. The van der Waals surface area contributed by atoms with Crippen LogP contribution < -0.4 is 0 Å². The molecule has 0 N–H and O–H groups in total. The fourth-order valence-electron chi connectivity index (χ4n) is 2.63. The summed E-state index contributed by atoms with van der Waals surface area (Å²) in [5, 5.41) is 0.442. The Morgan fingerprint density at radius 3 is 2.82 bits per heavy atom. The molecule has 0 spiro atoms. The summed E-state index contributed by atoms with van der Waals surface area (Å²) in [6, 6.07) is 0. The van der Waals surface area contributed by atoms with Crippen LogP contribution in [0.4, 0.5) is 0 Å². The summed E-state index contributed by atoms with van der Waals surface area (Å²) < 4.78 is 2.11. The summed E-state index contributed by atoms with van der Waals surface area (Å²) in [5.74, 6) is 0.759. The number of imidazole rings is 1. The van der Waals surface area contributed by atoms with Gasteiger partial charge in [0.25, 0.3) is 0 Å². The fourth-order valence-corrected chi connectivity index (χ4v) is 2.81. The van der Waals surface area contributed by atoms with Crippen molar-refractivity contribution in [2.45, 2.75) is 38.6 Å². The van der Waals surface area contributed by atoms with Gasteiger partial charge in [-0.3, -0.25) is 0 Å². The average molecular weight is 251 g/mol. The third kappa shape index (κ3) is 2.14. The van der Waals surface area contributed by atoms with Gasteiger partial charge in [0, 0.05) is 6.54 Å². The Labute approximate surface area is 105 Å². The molecule has 2 heterocycles. The molecule has 17 heavy (non-hydrogen) atoms. The van der Waals surface area contributed by atoms with E-state index >= 15 is 0 Å². The Morgan fingerprint density at radius 1 is 1.18 bits per heavy atom. The molecule has 3 rings (SSSR count). The van der Waals surface area contributed by atoms with Gasteiger partial charge in [-0.25, -0.2) is 15.0 Å². The number of nitrogens with zero attached hydrogens (tertiary/aromatic N) is 4. The molecule has 1 saturated carbocycles. The topological polar surface area (TPSA) is 43.6 Å². The van der Waals surface area contributed by atoms with Crippen molar-refractivity contribution in [2.24, 2.45) is 5.92 Å². The van der Waals surface area contributed by atoms with Crippen LogP contribution in [0, 0.1) is 5.92 Å². The lowest BCUT2D eigenvalue weighted by atomic mass is 9.89. The molecule has 1 aliphatic carbocycles. The van der Waals surface area contributed by atoms with Crippen LogP contribution in [0.3, 0.4) is 0 Å². The molecule has 0 radical (unpaired) electrons. The van der Waals surface area contributed by atoms with Crippen molar-refractivity contribution in [1.29, 1.82) is 0 Å². The lowest BCUT2D eigenvalue weighted by Gasteiger charge is -2.21. The normalized spacial score (nSPS) is 17.7. The molecule has 0 aliphatic heterocycles. The van der Waals surface area contributed by atoms with Crippen molar-refractivity contribution < 1.29 is 0 Å². The van der Waals surface area contributed by atoms with Crippen LogP contribution in [0.2, 0.25) is 5.15 Å². The first-order valence-corrected chi connectivity index (χ1v) is 6.54. The summed E-state index contributed by atoms with van der Waals surface area (Å²) in [4.78, 5) is 12.5. The van der Waals surface area contributed by atoms with Crippen molar-refractivity contribution in [1.82, 2.24) is 19.5 Å². The van der Waals surface area contributed by atoms with E-state index in [-0.39, 0.29) is 0 Å². The van der Waals surface area contributed by atoms with Gasteiger partial charge < -0.3 is 4.57 Å². The number of fused-ring (bicyclic) bond motifs is 1. The minimum Gasteiger partial charge on any atom is -0.315 e. The molecular weight excluding hydrogens is 236 g/mol. The molecule has 0 aromatic carbocycles. The van der Waals surface area contributed by atoms with E-state index in [1.165, 1.54) is 38.4 Å². The lowest BCUT2D eigenvalue weighted by molar-refractivity contribution is 0.321. The van der Waals surface area contributed by atoms with Crippen molar-refractivity contribution in [3.63, 3.8) is 0 Å². The van der Waals surface area contributed by atoms with Gasteiger partial charge in [-0.15, -0.1) is 0 Å². The number of rotatable bonds is 2. The Kier molecular flexibility index (Phi) is 2.97. The summed E-state index contributed by atoms with van der Waals surface area (Å²) in [5.41, 5.74) is 1.57. The van der Waals surface area contributed by atoms with Gasteiger partial charge >= 0.3 is 0 Å². The van der Waals surface area contributed by atoms with Crippen molar-refractivity contribution >= 4 is 22.8 Å². The van der Waals surface area contributed by atoms with E-state index in [1.54, 1.807) is 0 Å². The zero-order valence-electron chi connectivity index (χ0n) is 9.64. The summed E-state index contributed by atoms with van der Waals surface area (Å²) in [7, 11) is 0. The highest BCUT2D eigenvalue weighted by atomic mass is 35.5. The van der Waals surface area contributed by atoms with Crippen LogP contribution >= 0.6 is 11.6 Å². The second-order valence-corrected chi connectivity index (χ2v) is 5.10. The monoisotopic (exact) mass is 250 g/mol. The Balaban J connectivity index is 1.87. The Morgan fingerprint density at radius 2 is 2.00 bits per heavy atom. The van der Waals surface area contributed by atoms with Gasteiger partial charge in [0.1, 0.15) is 11.8 Å². The number of hydrogen-bond donors (Lipinski definition) is 0. The predicted molar refractivity (Wildman–Crippen MR) is 66.9 cm³/mol. The smallest absolute Gasteiger partial charge is 0.164 e. The zero-order valence-corrected chi connectivity index (χ0v) is 10.4. The van der Waals surface area contributed by atoms with E-state index in [0.717, 1.165) is 18.1 Å². The summed E-state index contributed by atoms with van der Waals surface area (Å²) >= 11 is 5.99. The van der Waals surface area contributed by atoms with Crippen molar-refractivity contribution in [2.75, 3.05) is 0 Å². The zero-order chi connectivity index (χ0) is 11.7. The second-order valence-electron chi connectivity index (χ2n) is 4.74. The maximum absolute atomic E-state index is 5.99. The first-order valence-electron chi connectivity index (χ1n) is 6.16. The summed E-state index contributed by atoms with van der Waals surface area (Å²) in [6.45, 7) is 1.00. The van der Waals surface area contributed by atoms with E-state index in [2.05, 4.69) is 19.5 Å². The second kappa shape index (κ2) is 4.61. The van der Waals surface area contributed by atoms with E-state index in [9.17, 15) is 0 Å². The van der Waals surface area contributed by atoms with E-state index in [0.29, 0.717) is 10.7 Å². The molecule has 5 heteroatoms. The molecular formula is C12H15ClN4. The third-order valence-electron chi connectivity index (χ3n) is 3.54. The molecule has 4 nitrogen and oxygen atoms in total. The highest BCUT2D eigenvalue weighted by Gasteiger charge is 2.16. The quantitative estimate of drug-likeness (QED) is 0.770. The molecule has 90 valence electrons. The van der Waals surface area contributed by atoms with Gasteiger partial charge in [0.2, 0.25) is 0 Å². The molecule has 1 aliphatic rings. The Hall–Kier alpha value is -1.16. The predicted octanol–water partition coefficient (Wildman–Crippen LogP) is 3.06. The first-order chi connectivity index (χ1) is 8.34. The first kappa shape index (κ1) is 11.0. The highest BCUT2D eigenvalue weighted by Crippen LogP contribution is 2.26. The number of halogens is 1. The van der Waals surface area contributed by atoms with Crippen LogP contribution in [0.15, 0.2) is 12.7 Å². The van der Waals surface area contributed by atoms with Crippen LogP contribution in [0.5, 0.6) is 0 Å². The highest BCUT2D eigenvalue weighted by molar-refractivity contribution is 6.33. The maximum atomic E-state index is 5.99. The molecule has 0 saturated heterocycles. The Bertz CT molecular complexity index is 516. The van der Waals surface area contributed by atoms with E-state index in [4.69, 9.17) is 11.6 Å². The molecule has 0 bridgehead atoms. The van der Waals surface area contributed by atoms with Crippen LogP contribution in [-0.2, 0) is 6.54 Å². The largest absolute Gasteiger partial charge is 0.315 e. The third-order valence-corrected chi connectivity index (χ3v) is 3.81. The minimum atomic E-state index is 0.442. The average Bonchev–Trinajstić information content (AvgIpc) is 2.76. The fraction of sp³-hybridized carbons (Fsp3) is 0.583. The molecule has 2 aromatic heterocycles. The van der Waals surface area contributed by atoms with Crippen LogP contribution in [0.25, 0.3) is 11.2 Å². The number of aromatic nitrogens is 4. The van der Waals surface area contributed by atoms with Gasteiger partial charge in [0.05, 0.1) is 6.33 Å². The van der Waals surface area contributed by atoms with Crippen molar-refractivity contribution in [3.05, 3.63) is 17.8 Å². The van der Waals surface area contributed by atoms with Crippen molar-refractivity contribution in [3.8, 4) is 0 Å². The standard InChI is InChI=1S/C12H15ClN4/c13-11-10-12(15-7-14-11)17(8-16-10)6-9-4-2-1-3-5-9/h7-9H,1-6H2. The molecule has 2 aromatic rings. The van der Waals surface area contributed by atoms with Gasteiger partial charge in [-0.1, -0.05) is 30.9 Å². The molecule has 0 unspecified atom stereocenters. The van der Waals surface area contributed by atoms with Crippen LogP contribution in [0.1, 0.15) is 32.1 Å². The van der Waals surface area contributed by atoms with E-state index < -0.39 is 0 Å². The van der Waals surface area contributed by atoms with Crippen LogP contribution in [-0.4, -0.2) is 19.5 Å². The van der Waals surface area contributed by atoms with E-state index in [1.807, 2.05) is 6.33 Å². The molecule has 0 amide bonds. The lowest BCUT2D eigenvalue weighted by Crippen LogP contribution is -2.13. The number of hydrogen-bond acceptors (Lipinski definition) is 3. The van der Waals surface area contributed by atoms with Gasteiger partial charge in [0.15, 0.2) is 10.8 Å². The van der Waals surface area contributed by atoms with Gasteiger partial charge in [-0.05, 0) is 18.8 Å². The summed E-state index contributed by atoms with van der Waals surface area (Å²) in [6.07, 6.45) is 10.1. The minimum absolute atomic E-state index is 0.442. The SMILES string of the molecule is Clc1ncnc2c1ncn2CC1CCCCC1.